The summed E-state index contributed by atoms with van der Waals surface area (Å²) in [6, 6.07) is 0. The van der Waals surface area contributed by atoms with Crippen molar-refractivity contribution < 1.29 is 9.47 Å². The molecule has 0 aliphatic carbocycles. The first-order chi connectivity index (χ1) is 8.27. The molecule has 3 rings (SSSR count). The average Bonchev–Trinajstić information content (AvgIpc) is 2.87. The van der Waals surface area contributed by atoms with E-state index in [0.717, 1.165) is 30.1 Å². The van der Waals surface area contributed by atoms with Crippen LogP contribution in [-0.2, 0) is 6.54 Å². The van der Waals surface area contributed by atoms with Crippen LogP contribution < -0.4 is 9.47 Å². The van der Waals surface area contributed by atoms with E-state index in [1.165, 1.54) is 0 Å². The molecule has 3 heterocycles. The third-order valence-corrected chi connectivity index (χ3v) is 2.76. The summed E-state index contributed by atoms with van der Waals surface area (Å²) in [5.41, 5.74) is 1.60. The molecule has 1 aliphatic rings. The second-order valence-electron chi connectivity index (χ2n) is 4.22. The second-order valence-corrected chi connectivity index (χ2v) is 4.22. The molecule has 0 saturated heterocycles. The Labute approximate surface area is 98.8 Å². The van der Waals surface area contributed by atoms with Gasteiger partial charge in [0.05, 0.1) is 0 Å². The predicted molar refractivity (Wildman–Crippen MR) is 62.2 cm³/mol. The first kappa shape index (κ1) is 10.3. The zero-order valence-electron chi connectivity index (χ0n) is 9.88. The van der Waals surface area contributed by atoms with Crippen LogP contribution in [0.25, 0.3) is 11.2 Å². The maximum atomic E-state index is 5.49. The van der Waals surface area contributed by atoms with E-state index in [1.807, 2.05) is 18.7 Å². The molecule has 2 aromatic rings. The molecule has 1 aliphatic heterocycles. The summed E-state index contributed by atoms with van der Waals surface area (Å²) in [4.78, 5) is 10.8. The molecular weight excluding hydrogens is 220 g/mol. The fraction of sp³-hybridized carbons (Fsp3) is 0.455. The topological polar surface area (TPSA) is 52.4 Å². The molecule has 0 aromatic carbocycles. The molecular formula is C11H14N4O2. The van der Waals surface area contributed by atoms with E-state index in [-0.39, 0.29) is 6.79 Å². The Kier molecular flexibility index (Phi) is 2.36. The van der Waals surface area contributed by atoms with Crippen LogP contribution in [0.4, 0.5) is 0 Å². The number of rotatable bonds is 3. The summed E-state index contributed by atoms with van der Waals surface area (Å²) in [6.07, 6.45) is 3.35. The van der Waals surface area contributed by atoms with E-state index < -0.39 is 0 Å². The summed E-state index contributed by atoms with van der Waals surface area (Å²) in [7, 11) is 4.07. The minimum Gasteiger partial charge on any atom is -0.449 e. The molecule has 0 amide bonds. The predicted octanol–water partition coefficient (Wildman–Crippen LogP) is 0.722. The smallest absolute Gasteiger partial charge is 0.244 e. The van der Waals surface area contributed by atoms with Crippen molar-refractivity contribution in [1.29, 1.82) is 0 Å². The lowest BCUT2D eigenvalue weighted by atomic mass is 10.5. The van der Waals surface area contributed by atoms with Crippen molar-refractivity contribution >= 4 is 11.2 Å². The zero-order valence-corrected chi connectivity index (χ0v) is 9.88. The van der Waals surface area contributed by atoms with Gasteiger partial charge in [-0.15, -0.1) is 0 Å². The Morgan fingerprint density at radius 2 is 2.12 bits per heavy atom. The Balaban J connectivity index is 2.09. The number of hydrogen-bond donors (Lipinski definition) is 0. The third-order valence-electron chi connectivity index (χ3n) is 2.76. The summed E-state index contributed by atoms with van der Waals surface area (Å²) < 4.78 is 12.9. The van der Waals surface area contributed by atoms with Crippen LogP contribution >= 0.6 is 0 Å². The Morgan fingerprint density at radius 1 is 1.29 bits per heavy atom. The minimum atomic E-state index is 0.263. The SMILES string of the molecule is CN(C)CCn1c2c(c3nccnc31)OCO2. The zero-order chi connectivity index (χ0) is 11.8. The molecule has 0 bridgehead atoms. The van der Waals surface area contributed by atoms with Gasteiger partial charge in [0.1, 0.15) is 0 Å². The Morgan fingerprint density at radius 3 is 2.94 bits per heavy atom. The van der Waals surface area contributed by atoms with Gasteiger partial charge in [-0.05, 0) is 14.1 Å². The Hall–Kier alpha value is -1.82. The molecule has 17 heavy (non-hydrogen) atoms. The van der Waals surface area contributed by atoms with Crippen LogP contribution in [0.15, 0.2) is 12.4 Å². The van der Waals surface area contributed by atoms with Gasteiger partial charge >= 0.3 is 0 Å². The van der Waals surface area contributed by atoms with Gasteiger partial charge in [-0.25, -0.2) is 9.97 Å². The van der Waals surface area contributed by atoms with Crippen molar-refractivity contribution in [3.05, 3.63) is 12.4 Å². The van der Waals surface area contributed by atoms with Crippen LogP contribution in [0.2, 0.25) is 0 Å². The molecule has 0 atom stereocenters. The van der Waals surface area contributed by atoms with E-state index >= 15 is 0 Å². The van der Waals surface area contributed by atoms with Gasteiger partial charge in [0, 0.05) is 25.5 Å². The van der Waals surface area contributed by atoms with E-state index in [2.05, 4.69) is 14.9 Å². The van der Waals surface area contributed by atoms with Gasteiger partial charge in [-0.2, -0.15) is 0 Å². The minimum absolute atomic E-state index is 0.263. The van der Waals surface area contributed by atoms with E-state index in [9.17, 15) is 0 Å². The molecule has 0 unspecified atom stereocenters. The standard InChI is InChI=1S/C11H14N4O2/c1-14(2)5-6-15-10-8(12-3-4-13-10)9-11(15)17-7-16-9/h3-4H,5-7H2,1-2H3. The van der Waals surface area contributed by atoms with Crippen LogP contribution in [0.3, 0.4) is 0 Å². The lowest BCUT2D eigenvalue weighted by Gasteiger charge is -2.11. The second kappa shape index (κ2) is 3.89. The van der Waals surface area contributed by atoms with Gasteiger partial charge in [-0.3, -0.25) is 4.57 Å². The van der Waals surface area contributed by atoms with Crippen molar-refractivity contribution in [1.82, 2.24) is 19.4 Å². The molecule has 0 N–H and O–H groups in total. The first-order valence-electron chi connectivity index (χ1n) is 5.51. The maximum Gasteiger partial charge on any atom is 0.244 e. The average molecular weight is 234 g/mol. The van der Waals surface area contributed by atoms with Gasteiger partial charge in [0.25, 0.3) is 0 Å². The largest absolute Gasteiger partial charge is 0.449 e. The maximum absolute atomic E-state index is 5.49. The molecule has 6 nitrogen and oxygen atoms in total. The van der Waals surface area contributed by atoms with Gasteiger partial charge < -0.3 is 14.4 Å². The number of fused-ring (bicyclic) bond motifs is 3. The number of aromatic nitrogens is 3. The van der Waals surface area contributed by atoms with Gasteiger partial charge in [0.15, 0.2) is 11.2 Å². The molecule has 0 spiro atoms. The first-order valence-corrected chi connectivity index (χ1v) is 5.51. The van der Waals surface area contributed by atoms with Crippen molar-refractivity contribution in [3.63, 3.8) is 0 Å². The van der Waals surface area contributed by atoms with E-state index in [0.29, 0.717) is 5.75 Å². The number of likely N-dealkylation sites (N-methyl/N-ethyl adjacent to an activating group) is 1. The molecule has 6 heteroatoms. The van der Waals surface area contributed by atoms with Crippen LogP contribution in [0.5, 0.6) is 11.6 Å². The fourth-order valence-electron chi connectivity index (χ4n) is 1.93. The summed E-state index contributed by atoms with van der Waals surface area (Å²) in [5.74, 6) is 1.46. The lowest BCUT2D eigenvalue weighted by Crippen LogP contribution is -2.19. The number of hydrogen-bond acceptors (Lipinski definition) is 5. The summed E-state index contributed by atoms with van der Waals surface area (Å²) in [6.45, 7) is 1.98. The third kappa shape index (κ3) is 1.61. The summed E-state index contributed by atoms with van der Waals surface area (Å²) >= 11 is 0. The van der Waals surface area contributed by atoms with Crippen LogP contribution in [0, 0.1) is 0 Å². The molecule has 0 saturated carbocycles. The highest BCUT2D eigenvalue weighted by Gasteiger charge is 2.26. The number of nitrogens with zero attached hydrogens (tertiary/aromatic N) is 4. The highest BCUT2D eigenvalue weighted by molar-refractivity contribution is 5.83. The van der Waals surface area contributed by atoms with E-state index in [1.54, 1.807) is 12.4 Å². The Bertz CT molecular complexity index is 550. The molecule has 90 valence electrons. The van der Waals surface area contributed by atoms with Gasteiger partial charge in [-0.1, -0.05) is 0 Å². The molecule has 0 fully saturated rings. The van der Waals surface area contributed by atoms with Gasteiger partial charge in [0.2, 0.25) is 18.4 Å². The van der Waals surface area contributed by atoms with Crippen LogP contribution in [-0.4, -0.2) is 46.9 Å². The van der Waals surface area contributed by atoms with Crippen molar-refractivity contribution in [3.8, 4) is 11.6 Å². The quantitative estimate of drug-likeness (QED) is 0.783. The van der Waals surface area contributed by atoms with Crippen molar-refractivity contribution in [2.75, 3.05) is 27.4 Å². The molecule has 0 radical (unpaired) electrons. The lowest BCUT2D eigenvalue weighted by molar-refractivity contribution is 0.166. The van der Waals surface area contributed by atoms with E-state index in [4.69, 9.17) is 9.47 Å². The monoisotopic (exact) mass is 234 g/mol. The summed E-state index contributed by atoms with van der Waals surface area (Å²) in [5, 5.41) is 0. The number of ether oxygens (including phenoxy) is 2. The fourth-order valence-corrected chi connectivity index (χ4v) is 1.93. The normalized spacial score (nSPS) is 13.8. The highest BCUT2D eigenvalue weighted by Crippen LogP contribution is 2.40. The van der Waals surface area contributed by atoms with Crippen molar-refractivity contribution in [2.45, 2.75) is 6.54 Å². The van der Waals surface area contributed by atoms with Crippen LogP contribution in [0.1, 0.15) is 0 Å². The highest BCUT2D eigenvalue weighted by atomic mass is 16.7. The van der Waals surface area contributed by atoms with Crippen molar-refractivity contribution in [2.24, 2.45) is 0 Å². The molecule has 2 aromatic heterocycles.